The molecular formula is C16H22N2O. The number of nitrogens with two attached hydrogens (primary N) is 1. The number of hydrogen-bond acceptors (Lipinski definition) is 3. The minimum atomic E-state index is 0.377. The highest BCUT2D eigenvalue weighted by Gasteiger charge is 2.09. The third kappa shape index (κ3) is 4.59. The van der Waals surface area contributed by atoms with Gasteiger partial charge in [-0.15, -0.1) is 0 Å². The Morgan fingerprint density at radius 1 is 1.16 bits per heavy atom. The van der Waals surface area contributed by atoms with Crippen molar-refractivity contribution in [2.24, 2.45) is 5.73 Å². The molecule has 0 atom stereocenters. The third-order valence-corrected chi connectivity index (χ3v) is 3.33. The quantitative estimate of drug-likeness (QED) is 0.838. The Labute approximate surface area is 115 Å². The summed E-state index contributed by atoms with van der Waals surface area (Å²) in [5, 5.41) is 0. The first-order valence-corrected chi connectivity index (χ1v) is 7.03. The Hall–Kier alpha value is -1.50. The van der Waals surface area contributed by atoms with E-state index in [2.05, 4.69) is 16.7 Å². The number of rotatable bonds is 4. The van der Waals surface area contributed by atoms with Crippen LogP contribution in [0.2, 0.25) is 0 Å². The number of likely N-dealkylation sites (tertiary alicyclic amines) is 1. The molecule has 1 heterocycles. The summed E-state index contributed by atoms with van der Waals surface area (Å²) in [5.41, 5.74) is 6.33. The van der Waals surface area contributed by atoms with E-state index in [1.165, 1.54) is 32.4 Å². The molecule has 0 amide bonds. The molecule has 1 aromatic rings. The normalized spacial score (nSPS) is 15.6. The van der Waals surface area contributed by atoms with Gasteiger partial charge in [0.15, 0.2) is 0 Å². The average molecular weight is 258 g/mol. The summed E-state index contributed by atoms with van der Waals surface area (Å²) in [6, 6.07) is 7.89. The SMILES string of the molecule is NCC#Cc1ccccc1OCCN1CCCCC1. The number of nitrogens with zero attached hydrogens (tertiary/aromatic N) is 1. The minimum Gasteiger partial charge on any atom is -0.491 e. The largest absolute Gasteiger partial charge is 0.491 e. The fourth-order valence-corrected chi connectivity index (χ4v) is 2.31. The molecule has 1 aliphatic heterocycles. The van der Waals surface area contributed by atoms with E-state index in [1.807, 2.05) is 24.3 Å². The van der Waals surface area contributed by atoms with E-state index in [0.717, 1.165) is 24.5 Å². The van der Waals surface area contributed by atoms with E-state index in [4.69, 9.17) is 10.5 Å². The molecule has 2 rings (SSSR count). The molecule has 102 valence electrons. The maximum atomic E-state index is 5.85. The van der Waals surface area contributed by atoms with E-state index in [0.29, 0.717) is 6.54 Å². The second kappa shape index (κ2) is 7.83. The molecule has 1 saturated heterocycles. The number of ether oxygens (including phenoxy) is 1. The van der Waals surface area contributed by atoms with Crippen LogP contribution in [-0.4, -0.2) is 37.7 Å². The smallest absolute Gasteiger partial charge is 0.134 e. The molecule has 2 N–H and O–H groups in total. The maximum absolute atomic E-state index is 5.85. The molecule has 0 saturated carbocycles. The lowest BCUT2D eigenvalue weighted by Crippen LogP contribution is -2.33. The van der Waals surface area contributed by atoms with Crippen LogP contribution in [0.1, 0.15) is 24.8 Å². The number of para-hydroxylation sites is 1. The van der Waals surface area contributed by atoms with E-state index in [-0.39, 0.29) is 0 Å². The molecule has 0 radical (unpaired) electrons. The second-order valence-electron chi connectivity index (χ2n) is 4.75. The summed E-state index contributed by atoms with van der Waals surface area (Å²) in [6.07, 6.45) is 4.01. The summed E-state index contributed by atoms with van der Waals surface area (Å²) in [5.74, 6) is 6.78. The third-order valence-electron chi connectivity index (χ3n) is 3.33. The van der Waals surface area contributed by atoms with Crippen LogP contribution in [0, 0.1) is 11.8 Å². The van der Waals surface area contributed by atoms with Gasteiger partial charge in [0.05, 0.1) is 12.1 Å². The van der Waals surface area contributed by atoms with Crippen molar-refractivity contribution in [3.63, 3.8) is 0 Å². The molecular weight excluding hydrogens is 236 g/mol. The Morgan fingerprint density at radius 3 is 2.74 bits per heavy atom. The maximum Gasteiger partial charge on any atom is 0.134 e. The zero-order valence-corrected chi connectivity index (χ0v) is 11.4. The van der Waals surface area contributed by atoms with Gasteiger partial charge >= 0.3 is 0 Å². The topological polar surface area (TPSA) is 38.5 Å². The van der Waals surface area contributed by atoms with Gasteiger partial charge in [0, 0.05) is 6.54 Å². The van der Waals surface area contributed by atoms with Crippen molar-refractivity contribution in [3.05, 3.63) is 29.8 Å². The molecule has 3 nitrogen and oxygen atoms in total. The molecule has 1 aliphatic rings. The highest BCUT2D eigenvalue weighted by Crippen LogP contribution is 2.16. The summed E-state index contributed by atoms with van der Waals surface area (Å²) in [4.78, 5) is 2.47. The first kappa shape index (κ1) is 13.9. The van der Waals surface area contributed by atoms with Crippen LogP contribution in [0.5, 0.6) is 5.75 Å². The van der Waals surface area contributed by atoms with Crippen molar-refractivity contribution in [2.45, 2.75) is 19.3 Å². The number of hydrogen-bond donors (Lipinski definition) is 1. The van der Waals surface area contributed by atoms with E-state index in [9.17, 15) is 0 Å². The van der Waals surface area contributed by atoms with Crippen LogP contribution in [-0.2, 0) is 0 Å². The van der Waals surface area contributed by atoms with Gasteiger partial charge in [0.25, 0.3) is 0 Å². The van der Waals surface area contributed by atoms with Gasteiger partial charge < -0.3 is 10.5 Å². The van der Waals surface area contributed by atoms with Crippen molar-refractivity contribution < 1.29 is 4.74 Å². The Kier molecular flexibility index (Phi) is 5.74. The van der Waals surface area contributed by atoms with Crippen LogP contribution in [0.3, 0.4) is 0 Å². The highest BCUT2D eigenvalue weighted by atomic mass is 16.5. The van der Waals surface area contributed by atoms with Gasteiger partial charge in [-0.1, -0.05) is 30.4 Å². The van der Waals surface area contributed by atoms with Crippen molar-refractivity contribution in [1.29, 1.82) is 0 Å². The lowest BCUT2D eigenvalue weighted by molar-refractivity contribution is 0.183. The van der Waals surface area contributed by atoms with Crippen LogP contribution in [0.15, 0.2) is 24.3 Å². The zero-order valence-electron chi connectivity index (χ0n) is 11.4. The van der Waals surface area contributed by atoms with E-state index < -0.39 is 0 Å². The van der Waals surface area contributed by atoms with Crippen molar-refractivity contribution in [1.82, 2.24) is 4.90 Å². The van der Waals surface area contributed by atoms with Crippen molar-refractivity contribution in [2.75, 3.05) is 32.8 Å². The average Bonchev–Trinajstić information content (AvgIpc) is 2.47. The van der Waals surface area contributed by atoms with Crippen molar-refractivity contribution >= 4 is 0 Å². The fraction of sp³-hybridized carbons (Fsp3) is 0.500. The standard InChI is InChI=1S/C16H22N2O/c17-10-6-8-15-7-2-3-9-16(15)19-14-13-18-11-4-1-5-12-18/h2-3,7,9H,1,4-5,10-14,17H2. The van der Waals surface area contributed by atoms with Gasteiger partial charge in [-0.3, -0.25) is 4.90 Å². The number of benzene rings is 1. The van der Waals surface area contributed by atoms with E-state index >= 15 is 0 Å². The molecule has 1 fully saturated rings. The first-order valence-electron chi connectivity index (χ1n) is 7.03. The summed E-state index contributed by atoms with van der Waals surface area (Å²) in [6.45, 7) is 4.51. The molecule has 19 heavy (non-hydrogen) atoms. The van der Waals surface area contributed by atoms with Gasteiger partial charge in [-0.05, 0) is 38.1 Å². The predicted molar refractivity (Wildman–Crippen MR) is 78.2 cm³/mol. The predicted octanol–water partition coefficient (Wildman–Crippen LogP) is 1.86. The molecule has 3 heteroatoms. The fourth-order valence-electron chi connectivity index (χ4n) is 2.31. The molecule has 0 aliphatic carbocycles. The molecule has 0 unspecified atom stereocenters. The van der Waals surface area contributed by atoms with Crippen LogP contribution >= 0.6 is 0 Å². The summed E-state index contributed by atoms with van der Waals surface area (Å²) < 4.78 is 5.85. The van der Waals surface area contributed by atoms with Crippen molar-refractivity contribution in [3.8, 4) is 17.6 Å². The van der Waals surface area contributed by atoms with Gasteiger partial charge in [-0.25, -0.2) is 0 Å². The molecule has 0 bridgehead atoms. The Morgan fingerprint density at radius 2 is 1.95 bits per heavy atom. The lowest BCUT2D eigenvalue weighted by Gasteiger charge is -2.26. The van der Waals surface area contributed by atoms with Gasteiger partial charge in [0.1, 0.15) is 12.4 Å². The second-order valence-corrected chi connectivity index (χ2v) is 4.75. The lowest BCUT2D eigenvalue weighted by atomic mass is 10.1. The molecule has 1 aromatic carbocycles. The Bertz CT molecular complexity index is 442. The van der Waals surface area contributed by atoms with E-state index in [1.54, 1.807) is 0 Å². The molecule has 0 aromatic heterocycles. The van der Waals surface area contributed by atoms with Crippen LogP contribution in [0.4, 0.5) is 0 Å². The summed E-state index contributed by atoms with van der Waals surface area (Å²) in [7, 11) is 0. The first-order chi connectivity index (χ1) is 9.40. The number of piperidine rings is 1. The molecule has 0 spiro atoms. The minimum absolute atomic E-state index is 0.377. The zero-order chi connectivity index (χ0) is 13.3. The van der Waals surface area contributed by atoms with Crippen LogP contribution in [0.25, 0.3) is 0 Å². The monoisotopic (exact) mass is 258 g/mol. The highest BCUT2D eigenvalue weighted by molar-refractivity contribution is 5.45. The van der Waals surface area contributed by atoms with Gasteiger partial charge in [0.2, 0.25) is 0 Å². The summed E-state index contributed by atoms with van der Waals surface area (Å²) >= 11 is 0. The Balaban J connectivity index is 1.84. The van der Waals surface area contributed by atoms with Gasteiger partial charge in [-0.2, -0.15) is 0 Å². The van der Waals surface area contributed by atoms with Crippen LogP contribution < -0.4 is 10.5 Å².